The van der Waals surface area contributed by atoms with Crippen molar-refractivity contribution in [3.63, 3.8) is 0 Å². The summed E-state index contributed by atoms with van der Waals surface area (Å²) in [7, 11) is 1.38. The highest BCUT2D eigenvalue weighted by Crippen LogP contribution is 2.14. The van der Waals surface area contributed by atoms with Gasteiger partial charge in [0.05, 0.1) is 6.10 Å². The van der Waals surface area contributed by atoms with Gasteiger partial charge >= 0.3 is 5.97 Å². The lowest BCUT2D eigenvalue weighted by atomic mass is 10.0. The van der Waals surface area contributed by atoms with Gasteiger partial charge in [-0.3, -0.25) is 0 Å². The van der Waals surface area contributed by atoms with Gasteiger partial charge in [-0.1, -0.05) is 58.7 Å². The molecule has 0 aliphatic heterocycles. The Morgan fingerprint density at radius 2 is 1.72 bits per heavy atom. The first-order chi connectivity index (χ1) is 14.0. The summed E-state index contributed by atoms with van der Waals surface area (Å²) >= 11 is 0. The number of benzene rings is 2. The summed E-state index contributed by atoms with van der Waals surface area (Å²) in [6.07, 6.45) is -0.275. The Morgan fingerprint density at radius 3 is 2.41 bits per heavy atom. The van der Waals surface area contributed by atoms with E-state index in [1.807, 2.05) is 42.5 Å². The molecule has 0 aliphatic rings. The fourth-order valence-corrected chi connectivity index (χ4v) is 2.34. The highest BCUT2D eigenvalue weighted by molar-refractivity contribution is 6.43. The number of carbonyl (C=O) groups is 1. The standard InChI is InChI=1S/C23H24N2O4/c1-17(2)29-23(26)22(25-27-4)21-13-9-8-12-20(21)16-28-24-18(3)14-15-19-10-6-5-7-11-19/h5-13,17H,16H2,1-4H3/b24-18+,25-22+. The fraction of sp³-hybridized carbons (Fsp3) is 0.261. The molecule has 0 atom stereocenters. The van der Waals surface area contributed by atoms with Crippen molar-refractivity contribution in [1.29, 1.82) is 0 Å². The van der Waals surface area contributed by atoms with E-state index in [0.29, 0.717) is 11.3 Å². The van der Waals surface area contributed by atoms with Gasteiger partial charge in [0.15, 0.2) is 5.71 Å². The number of oxime groups is 2. The Kier molecular flexibility index (Phi) is 8.46. The van der Waals surface area contributed by atoms with E-state index >= 15 is 0 Å². The van der Waals surface area contributed by atoms with Gasteiger partial charge in [-0.15, -0.1) is 0 Å². The zero-order chi connectivity index (χ0) is 21.1. The molecule has 150 valence electrons. The lowest BCUT2D eigenvalue weighted by Gasteiger charge is -2.12. The van der Waals surface area contributed by atoms with Crippen LogP contribution in [0.3, 0.4) is 0 Å². The lowest BCUT2D eigenvalue weighted by molar-refractivity contribution is -0.139. The van der Waals surface area contributed by atoms with Crippen LogP contribution >= 0.6 is 0 Å². The van der Waals surface area contributed by atoms with Crippen LogP contribution in [0.1, 0.15) is 37.5 Å². The average molecular weight is 392 g/mol. The van der Waals surface area contributed by atoms with E-state index in [-0.39, 0.29) is 18.4 Å². The molecule has 6 nitrogen and oxygen atoms in total. The molecule has 29 heavy (non-hydrogen) atoms. The van der Waals surface area contributed by atoms with Gasteiger partial charge in [0.2, 0.25) is 0 Å². The summed E-state index contributed by atoms with van der Waals surface area (Å²) in [5.41, 5.74) is 2.79. The Hall–Kier alpha value is -3.59. The van der Waals surface area contributed by atoms with Crippen molar-refractivity contribution in [3.8, 4) is 11.8 Å². The van der Waals surface area contributed by atoms with Crippen molar-refractivity contribution in [2.24, 2.45) is 10.3 Å². The minimum absolute atomic E-state index is 0.0740. The van der Waals surface area contributed by atoms with Crippen LogP contribution in [0.5, 0.6) is 0 Å². The Morgan fingerprint density at radius 1 is 1.03 bits per heavy atom. The second-order valence-electron chi connectivity index (χ2n) is 6.30. The quantitative estimate of drug-likeness (QED) is 0.310. The van der Waals surface area contributed by atoms with Crippen molar-refractivity contribution in [2.75, 3.05) is 7.11 Å². The maximum atomic E-state index is 12.4. The van der Waals surface area contributed by atoms with E-state index in [2.05, 4.69) is 22.2 Å². The molecule has 0 saturated heterocycles. The first kappa shape index (κ1) is 21.7. The van der Waals surface area contributed by atoms with E-state index in [1.165, 1.54) is 7.11 Å². The van der Waals surface area contributed by atoms with E-state index in [9.17, 15) is 4.79 Å². The molecule has 0 spiro atoms. The lowest BCUT2D eigenvalue weighted by Crippen LogP contribution is -2.23. The van der Waals surface area contributed by atoms with Crippen LogP contribution in [0, 0.1) is 11.8 Å². The van der Waals surface area contributed by atoms with Crippen LogP contribution in [0.25, 0.3) is 0 Å². The topological polar surface area (TPSA) is 69.5 Å². The van der Waals surface area contributed by atoms with Gasteiger partial charge in [0.25, 0.3) is 0 Å². The molecule has 2 rings (SSSR count). The maximum absolute atomic E-state index is 12.4. The predicted octanol–water partition coefficient (Wildman–Crippen LogP) is 3.93. The first-order valence-corrected chi connectivity index (χ1v) is 9.15. The number of esters is 1. The first-order valence-electron chi connectivity index (χ1n) is 9.15. The van der Waals surface area contributed by atoms with Gasteiger partial charge in [-0.2, -0.15) is 0 Å². The zero-order valence-corrected chi connectivity index (χ0v) is 17.0. The van der Waals surface area contributed by atoms with Crippen LogP contribution in [-0.2, 0) is 25.8 Å². The van der Waals surface area contributed by atoms with Gasteiger partial charge in [0.1, 0.15) is 19.4 Å². The summed E-state index contributed by atoms with van der Waals surface area (Å²) in [5.74, 6) is 5.39. The molecule has 0 unspecified atom stereocenters. The minimum atomic E-state index is -0.567. The number of hydrogen-bond acceptors (Lipinski definition) is 6. The molecule has 0 aromatic heterocycles. The van der Waals surface area contributed by atoms with Crippen molar-refractivity contribution < 1.29 is 19.2 Å². The molecule has 0 saturated carbocycles. The third-order valence-electron chi connectivity index (χ3n) is 3.57. The molecular formula is C23H24N2O4. The summed E-state index contributed by atoms with van der Waals surface area (Å²) in [5, 5.41) is 7.87. The molecule has 0 N–H and O–H groups in total. The number of nitrogens with zero attached hydrogens (tertiary/aromatic N) is 2. The average Bonchev–Trinajstić information content (AvgIpc) is 2.71. The predicted molar refractivity (Wildman–Crippen MR) is 112 cm³/mol. The smallest absolute Gasteiger partial charge is 0.361 e. The van der Waals surface area contributed by atoms with Gasteiger partial charge < -0.3 is 14.4 Å². The Labute approximate surface area is 171 Å². The molecule has 0 bridgehead atoms. The number of rotatable bonds is 7. The van der Waals surface area contributed by atoms with E-state index in [1.54, 1.807) is 32.9 Å². The molecule has 0 amide bonds. The summed E-state index contributed by atoms with van der Waals surface area (Å²) in [6.45, 7) is 5.44. The molecule has 2 aromatic carbocycles. The second-order valence-corrected chi connectivity index (χ2v) is 6.30. The summed E-state index contributed by atoms with van der Waals surface area (Å²) in [6, 6.07) is 16.8. The second kappa shape index (κ2) is 11.3. The van der Waals surface area contributed by atoms with E-state index in [0.717, 1.165) is 11.1 Å². The van der Waals surface area contributed by atoms with Crippen molar-refractivity contribution in [2.45, 2.75) is 33.5 Å². The Bertz CT molecular complexity index is 938. The molecule has 6 heteroatoms. The van der Waals surface area contributed by atoms with Gasteiger partial charge in [0, 0.05) is 16.7 Å². The third kappa shape index (κ3) is 7.15. The normalized spacial score (nSPS) is 11.5. The van der Waals surface area contributed by atoms with Crippen LogP contribution in [0.2, 0.25) is 0 Å². The monoisotopic (exact) mass is 392 g/mol. The molecule has 2 aromatic rings. The Balaban J connectivity index is 2.13. The molecule has 0 fully saturated rings. The van der Waals surface area contributed by atoms with E-state index in [4.69, 9.17) is 14.4 Å². The third-order valence-corrected chi connectivity index (χ3v) is 3.57. The van der Waals surface area contributed by atoms with Crippen LogP contribution in [0.15, 0.2) is 64.9 Å². The number of ether oxygens (including phenoxy) is 1. The van der Waals surface area contributed by atoms with Crippen molar-refractivity contribution in [3.05, 3.63) is 71.3 Å². The number of carbonyl (C=O) groups excluding carboxylic acids is 1. The minimum Gasteiger partial charge on any atom is -0.458 e. The van der Waals surface area contributed by atoms with Crippen LogP contribution in [0.4, 0.5) is 0 Å². The van der Waals surface area contributed by atoms with Gasteiger partial charge in [-0.05, 0) is 38.8 Å². The zero-order valence-electron chi connectivity index (χ0n) is 17.0. The SMILES string of the molecule is CO/N=C(/C(=O)OC(C)C)c1ccccc1CO/N=C(\C)C#Cc1ccccc1. The van der Waals surface area contributed by atoms with Gasteiger partial charge in [-0.25, -0.2) is 4.79 Å². The van der Waals surface area contributed by atoms with Crippen molar-refractivity contribution >= 4 is 17.4 Å². The highest BCUT2D eigenvalue weighted by atomic mass is 16.6. The van der Waals surface area contributed by atoms with E-state index < -0.39 is 5.97 Å². The largest absolute Gasteiger partial charge is 0.458 e. The summed E-state index contributed by atoms with van der Waals surface area (Å²) < 4.78 is 5.25. The van der Waals surface area contributed by atoms with Crippen molar-refractivity contribution in [1.82, 2.24) is 0 Å². The molecule has 0 heterocycles. The molecule has 0 aliphatic carbocycles. The maximum Gasteiger partial charge on any atom is 0.361 e. The summed E-state index contributed by atoms with van der Waals surface area (Å²) in [4.78, 5) is 22.6. The molecule has 0 radical (unpaired) electrons. The van der Waals surface area contributed by atoms with Crippen LogP contribution < -0.4 is 0 Å². The number of hydrogen-bond donors (Lipinski definition) is 0. The molecular weight excluding hydrogens is 368 g/mol. The highest BCUT2D eigenvalue weighted by Gasteiger charge is 2.21. The fourth-order valence-electron chi connectivity index (χ4n) is 2.34. The van der Waals surface area contributed by atoms with Crippen LogP contribution in [-0.4, -0.2) is 30.6 Å².